The highest BCUT2D eigenvalue weighted by Crippen LogP contribution is 2.26. The minimum absolute atomic E-state index is 0.0490. The molecule has 0 fully saturated rings. The van der Waals surface area contributed by atoms with Crippen molar-refractivity contribution in [3.05, 3.63) is 39.5 Å². The minimum Gasteiger partial charge on any atom is -0.369 e. The van der Waals surface area contributed by atoms with Crippen LogP contribution in [0.4, 0.5) is 5.82 Å². The van der Waals surface area contributed by atoms with Crippen LogP contribution in [0.2, 0.25) is 0 Å². The molecule has 0 bridgehead atoms. The van der Waals surface area contributed by atoms with Crippen LogP contribution in [-0.4, -0.2) is 22.4 Å². The van der Waals surface area contributed by atoms with Crippen LogP contribution in [0.3, 0.4) is 0 Å². The van der Waals surface area contributed by atoms with Crippen molar-refractivity contribution < 1.29 is 4.79 Å². The highest BCUT2D eigenvalue weighted by molar-refractivity contribution is 7.12. The van der Waals surface area contributed by atoms with Crippen LogP contribution in [0, 0.1) is 13.8 Å². The summed E-state index contributed by atoms with van der Waals surface area (Å²) in [7, 11) is 0. The molecule has 0 aliphatic rings. The van der Waals surface area contributed by atoms with Gasteiger partial charge in [-0.2, -0.15) is 0 Å². The van der Waals surface area contributed by atoms with E-state index < -0.39 is 0 Å². The van der Waals surface area contributed by atoms with Crippen LogP contribution in [0.5, 0.6) is 0 Å². The SMILES string of the molecule is CCNc1cncc(C(=O)NC(C)c2cc(C)sc2C)n1. The van der Waals surface area contributed by atoms with Gasteiger partial charge in [0.2, 0.25) is 0 Å². The van der Waals surface area contributed by atoms with E-state index in [0.717, 1.165) is 12.1 Å². The maximum Gasteiger partial charge on any atom is 0.272 e. The van der Waals surface area contributed by atoms with Gasteiger partial charge in [0.25, 0.3) is 5.91 Å². The molecule has 0 aliphatic heterocycles. The van der Waals surface area contributed by atoms with Gasteiger partial charge in [0.15, 0.2) is 0 Å². The summed E-state index contributed by atoms with van der Waals surface area (Å²) in [6.07, 6.45) is 3.09. The predicted molar refractivity (Wildman–Crippen MR) is 85.9 cm³/mol. The monoisotopic (exact) mass is 304 g/mol. The molecule has 0 radical (unpaired) electrons. The van der Waals surface area contributed by atoms with E-state index in [0.29, 0.717) is 11.5 Å². The van der Waals surface area contributed by atoms with Crippen LogP contribution >= 0.6 is 11.3 Å². The van der Waals surface area contributed by atoms with Gasteiger partial charge in [0.05, 0.1) is 18.4 Å². The molecule has 0 aliphatic carbocycles. The van der Waals surface area contributed by atoms with E-state index in [1.807, 2.05) is 13.8 Å². The van der Waals surface area contributed by atoms with Gasteiger partial charge in [0, 0.05) is 16.3 Å². The molecule has 2 heterocycles. The summed E-state index contributed by atoms with van der Waals surface area (Å²) in [6, 6.07) is 2.07. The number of nitrogens with zero attached hydrogens (tertiary/aromatic N) is 2. The van der Waals surface area contributed by atoms with Gasteiger partial charge in [0.1, 0.15) is 11.5 Å². The number of thiophene rings is 1. The Hall–Kier alpha value is -1.95. The first-order chi connectivity index (χ1) is 10.0. The number of aryl methyl sites for hydroxylation is 2. The quantitative estimate of drug-likeness (QED) is 0.891. The Morgan fingerprint density at radius 3 is 2.76 bits per heavy atom. The Labute approximate surface area is 128 Å². The van der Waals surface area contributed by atoms with Crippen molar-refractivity contribution in [2.45, 2.75) is 33.7 Å². The van der Waals surface area contributed by atoms with E-state index in [9.17, 15) is 4.79 Å². The standard InChI is InChI=1S/C15H20N4OS/c1-5-17-14-8-16-7-13(19-14)15(20)18-10(3)12-6-9(2)21-11(12)4/h6-8,10H,5H2,1-4H3,(H,17,19)(H,18,20). The molecule has 0 spiro atoms. The highest BCUT2D eigenvalue weighted by atomic mass is 32.1. The highest BCUT2D eigenvalue weighted by Gasteiger charge is 2.16. The summed E-state index contributed by atoms with van der Waals surface area (Å²) < 4.78 is 0. The summed E-state index contributed by atoms with van der Waals surface area (Å²) >= 11 is 1.74. The number of nitrogens with one attached hydrogen (secondary N) is 2. The number of hydrogen-bond donors (Lipinski definition) is 2. The summed E-state index contributed by atoms with van der Waals surface area (Å²) in [5.74, 6) is 0.401. The number of carbonyl (C=O) groups is 1. The van der Waals surface area contributed by atoms with Crippen molar-refractivity contribution in [3.8, 4) is 0 Å². The average molecular weight is 304 g/mol. The Balaban J connectivity index is 2.10. The van der Waals surface area contributed by atoms with Gasteiger partial charge in [-0.25, -0.2) is 4.98 Å². The van der Waals surface area contributed by atoms with Crippen LogP contribution in [0.25, 0.3) is 0 Å². The number of rotatable bonds is 5. The zero-order valence-corrected chi connectivity index (χ0v) is 13.5. The summed E-state index contributed by atoms with van der Waals surface area (Å²) in [4.78, 5) is 23.0. The number of anilines is 1. The van der Waals surface area contributed by atoms with Crippen molar-refractivity contribution in [2.24, 2.45) is 0 Å². The molecule has 0 aromatic carbocycles. The largest absolute Gasteiger partial charge is 0.369 e. The molecule has 6 heteroatoms. The van der Waals surface area contributed by atoms with E-state index in [1.165, 1.54) is 16.0 Å². The summed E-state index contributed by atoms with van der Waals surface area (Å²) in [5.41, 5.74) is 1.48. The topological polar surface area (TPSA) is 66.9 Å². The number of aromatic nitrogens is 2. The van der Waals surface area contributed by atoms with Crippen LogP contribution < -0.4 is 10.6 Å². The number of amides is 1. The fraction of sp³-hybridized carbons (Fsp3) is 0.400. The molecule has 2 aromatic rings. The van der Waals surface area contributed by atoms with Gasteiger partial charge in [-0.1, -0.05) is 0 Å². The fourth-order valence-corrected chi connectivity index (χ4v) is 3.19. The average Bonchev–Trinajstić information content (AvgIpc) is 2.78. The first-order valence-corrected chi connectivity index (χ1v) is 7.76. The molecular weight excluding hydrogens is 284 g/mol. The lowest BCUT2D eigenvalue weighted by Gasteiger charge is -2.14. The van der Waals surface area contributed by atoms with E-state index in [-0.39, 0.29) is 11.9 Å². The van der Waals surface area contributed by atoms with Gasteiger partial charge >= 0.3 is 0 Å². The zero-order chi connectivity index (χ0) is 15.4. The third kappa shape index (κ3) is 3.78. The molecule has 1 amide bonds. The van der Waals surface area contributed by atoms with Crippen molar-refractivity contribution in [2.75, 3.05) is 11.9 Å². The van der Waals surface area contributed by atoms with Crippen LogP contribution in [0.15, 0.2) is 18.5 Å². The van der Waals surface area contributed by atoms with Crippen molar-refractivity contribution in [1.82, 2.24) is 15.3 Å². The van der Waals surface area contributed by atoms with Crippen molar-refractivity contribution in [1.29, 1.82) is 0 Å². The lowest BCUT2D eigenvalue weighted by atomic mass is 10.1. The molecule has 2 rings (SSSR count). The van der Waals surface area contributed by atoms with Gasteiger partial charge in [-0.05, 0) is 39.3 Å². The van der Waals surface area contributed by atoms with Crippen molar-refractivity contribution >= 4 is 23.1 Å². The Bertz CT molecular complexity index is 638. The first-order valence-electron chi connectivity index (χ1n) is 6.95. The molecule has 0 saturated heterocycles. The van der Waals surface area contributed by atoms with E-state index in [2.05, 4.69) is 40.5 Å². The van der Waals surface area contributed by atoms with E-state index in [1.54, 1.807) is 17.5 Å². The fourth-order valence-electron chi connectivity index (χ4n) is 2.17. The lowest BCUT2D eigenvalue weighted by Crippen LogP contribution is -2.27. The molecular formula is C15H20N4OS. The third-order valence-electron chi connectivity index (χ3n) is 3.12. The maximum absolute atomic E-state index is 12.3. The maximum atomic E-state index is 12.3. The molecule has 21 heavy (non-hydrogen) atoms. The molecule has 1 atom stereocenters. The minimum atomic E-state index is -0.210. The summed E-state index contributed by atoms with van der Waals surface area (Å²) in [6.45, 7) is 8.83. The van der Waals surface area contributed by atoms with E-state index in [4.69, 9.17) is 0 Å². The predicted octanol–water partition coefficient (Wildman–Crippen LogP) is 3.08. The van der Waals surface area contributed by atoms with E-state index >= 15 is 0 Å². The number of carbonyl (C=O) groups excluding carboxylic acids is 1. The van der Waals surface area contributed by atoms with Gasteiger partial charge < -0.3 is 10.6 Å². The first kappa shape index (κ1) is 15.4. The Morgan fingerprint density at radius 2 is 2.14 bits per heavy atom. The second-order valence-electron chi connectivity index (χ2n) is 4.88. The second kappa shape index (κ2) is 6.67. The third-order valence-corrected chi connectivity index (χ3v) is 4.10. The van der Waals surface area contributed by atoms with Crippen LogP contribution in [-0.2, 0) is 0 Å². The molecule has 1 unspecified atom stereocenters. The second-order valence-corrected chi connectivity index (χ2v) is 6.34. The van der Waals surface area contributed by atoms with Crippen LogP contribution in [0.1, 0.15) is 45.7 Å². The van der Waals surface area contributed by atoms with Gasteiger partial charge in [-0.3, -0.25) is 9.78 Å². The number of hydrogen-bond acceptors (Lipinski definition) is 5. The summed E-state index contributed by atoms with van der Waals surface area (Å²) in [5, 5.41) is 6.02. The Morgan fingerprint density at radius 1 is 1.38 bits per heavy atom. The molecule has 2 aromatic heterocycles. The molecule has 5 nitrogen and oxygen atoms in total. The molecule has 2 N–H and O–H groups in total. The van der Waals surface area contributed by atoms with Gasteiger partial charge in [-0.15, -0.1) is 11.3 Å². The zero-order valence-electron chi connectivity index (χ0n) is 12.7. The Kier molecular flexibility index (Phi) is 4.90. The molecule has 0 saturated carbocycles. The van der Waals surface area contributed by atoms with Crippen molar-refractivity contribution in [3.63, 3.8) is 0 Å². The lowest BCUT2D eigenvalue weighted by molar-refractivity contribution is 0.0934. The smallest absolute Gasteiger partial charge is 0.272 e. The molecule has 112 valence electrons. The normalized spacial score (nSPS) is 12.0.